The first kappa shape index (κ1) is 11.0. The molecule has 0 radical (unpaired) electrons. The molecule has 0 saturated carbocycles. The van der Waals surface area contributed by atoms with Crippen LogP contribution in [0.25, 0.3) is 11.6 Å². The van der Waals surface area contributed by atoms with Crippen LogP contribution in [0.4, 0.5) is 10.8 Å². The maximum atomic E-state index is 9.66. The van der Waals surface area contributed by atoms with Crippen molar-refractivity contribution in [1.82, 2.24) is 4.98 Å². The second-order valence-electron chi connectivity index (χ2n) is 4.01. The van der Waals surface area contributed by atoms with Crippen LogP contribution >= 0.6 is 11.3 Å². The van der Waals surface area contributed by atoms with Gasteiger partial charge in [-0.05, 0) is 19.1 Å². The molecule has 1 aliphatic heterocycles. The molecule has 0 bridgehead atoms. The number of aliphatic imine (C=N–C) groups is 1. The molecular formula is C13H11N3OS. The Morgan fingerprint density at radius 3 is 2.83 bits per heavy atom. The number of thiazole rings is 1. The molecule has 0 atom stereocenters. The molecule has 0 amide bonds. The third-order valence-electron chi connectivity index (χ3n) is 2.80. The minimum Gasteiger partial charge on any atom is -0.492 e. The van der Waals surface area contributed by atoms with Crippen LogP contribution in [0.5, 0.6) is 5.88 Å². The Hall–Kier alpha value is -2.14. The zero-order valence-electron chi connectivity index (χ0n) is 9.71. The lowest BCUT2D eigenvalue weighted by Crippen LogP contribution is -1.89. The molecule has 1 aromatic heterocycles. The van der Waals surface area contributed by atoms with Crippen LogP contribution in [-0.2, 0) is 0 Å². The monoisotopic (exact) mass is 257 g/mol. The van der Waals surface area contributed by atoms with Gasteiger partial charge in [-0.1, -0.05) is 29.5 Å². The Labute approximate surface area is 108 Å². The first-order valence-electron chi connectivity index (χ1n) is 5.47. The van der Waals surface area contributed by atoms with E-state index in [0.717, 1.165) is 22.5 Å². The molecule has 1 aromatic carbocycles. The number of nitrogens with zero attached hydrogens (tertiary/aromatic N) is 2. The number of nitrogens with two attached hydrogens (primary N) is 1. The van der Waals surface area contributed by atoms with Gasteiger partial charge < -0.3 is 10.8 Å². The van der Waals surface area contributed by atoms with Crippen molar-refractivity contribution in [3.63, 3.8) is 0 Å². The Morgan fingerprint density at radius 2 is 2.11 bits per heavy atom. The lowest BCUT2D eigenvalue weighted by Gasteiger charge is -2.00. The molecule has 5 heteroatoms. The average Bonchev–Trinajstić information content (AvgIpc) is 2.81. The van der Waals surface area contributed by atoms with E-state index in [-0.39, 0.29) is 5.88 Å². The van der Waals surface area contributed by atoms with E-state index in [4.69, 9.17) is 5.73 Å². The number of aromatic hydroxyl groups is 1. The highest BCUT2D eigenvalue weighted by Crippen LogP contribution is 2.38. The summed E-state index contributed by atoms with van der Waals surface area (Å²) in [5.41, 5.74) is 9.54. The SMILES string of the molecule is CC1=Nc2ccccc2/C1=C/c1sc(N)nc1O. The van der Waals surface area contributed by atoms with Gasteiger partial charge in [0.2, 0.25) is 5.88 Å². The molecule has 0 saturated heterocycles. The maximum Gasteiger partial charge on any atom is 0.231 e. The Balaban J connectivity index is 2.13. The number of fused-ring (bicyclic) bond motifs is 1. The second-order valence-corrected chi connectivity index (χ2v) is 5.07. The normalized spacial score (nSPS) is 15.8. The highest BCUT2D eigenvalue weighted by atomic mass is 32.1. The third kappa shape index (κ3) is 1.69. The van der Waals surface area contributed by atoms with Gasteiger partial charge in [0.1, 0.15) is 0 Å². The Morgan fingerprint density at radius 1 is 1.33 bits per heavy atom. The van der Waals surface area contributed by atoms with Crippen LogP contribution in [0, 0.1) is 0 Å². The van der Waals surface area contributed by atoms with Crippen molar-refractivity contribution in [2.24, 2.45) is 4.99 Å². The van der Waals surface area contributed by atoms with E-state index in [1.54, 1.807) is 0 Å². The zero-order chi connectivity index (χ0) is 12.7. The Bertz CT molecular complexity index is 685. The summed E-state index contributed by atoms with van der Waals surface area (Å²) >= 11 is 1.26. The van der Waals surface area contributed by atoms with E-state index in [2.05, 4.69) is 9.98 Å². The van der Waals surface area contributed by atoms with Crippen molar-refractivity contribution in [3.05, 3.63) is 34.7 Å². The number of benzene rings is 1. The van der Waals surface area contributed by atoms with Gasteiger partial charge in [-0.15, -0.1) is 0 Å². The van der Waals surface area contributed by atoms with Crippen LogP contribution in [0.3, 0.4) is 0 Å². The lowest BCUT2D eigenvalue weighted by molar-refractivity contribution is 0.457. The summed E-state index contributed by atoms with van der Waals surface area (Å²) in [5.74, 6) is -0.0258. The average molecular weight is 257 g/mol. The fourth-order valence-corrected chi connectivity index (χ4v) is 2.65. The van der Waals surface area contributed by atoms with Gasteiger partial charge in [0.05, 0.1) is 10.6 Å². The van der Waals surface area contributed by atoms with Gasteiger partial charge in [-0.2, -0.15) is 4.98 Å². The summed E-state index contributed by atoms with van der Waals surface area (Å²) in [6.07, 6.45) is 1.88. The largest absolute Gasteiger partial charge is 0.492 e. The van der Waals surface area contributed by atoms with Crippen LogP contribution in [0.1, 0.15) is 17.4 Å². The predicted molar refractivity (Wildman–Crippen MR) is 75.3 cm³/mol. The number of allylic oxidation sites excluding steroid dienone is 1. The molecule has 4 nitrogen and oxygen atoms in total. The van der Waals surface area contributed by atoms with Gasteiger partial charge in [-0.3, -0.25) is 4.99 Å². The molecule has 2 heterocycles. The van der Waals surface area contributed by atoms with Crippen molar-refractivity contribution in [2.75, 3.05) is 5.73 Å². The number of rotatable bonds is 1. The van der Waals surface area contributed by atoms with Crippen LogP contribution in [0.15, 0.2) is 29.3 Å². The van der Waals surface area contributed by atoms with Gasteiger partial charge in [0.15, 0.2) is 5.13 Å². The third-order valence-corrected chi connectivity index (χ3v) is 3.62. The van der Waals surface area contributed by atoms with Crippen molar-refractivity contribution < 1.29 is 5.11 Å². The van der Waals surface area contributed by atoms with Crippen LogP contribution in [-0.4, -0.2) is 15.8 Å². The first-order valence-corrected chi connectivity index (χ1v) is 6.29. The highest BCUT2D eigenvalue weighted by Gasteiger charge is 2.18. The minimum absolute atomic E-state index is 0.0258. The summed E-state index contributed by atoms with van der Waals surface area (Å²) in [7, 11) is 0. The number of para-hydroxylation sites is 1. The number of hydrogen-bond acceptors (Lipinski definition) is 5. The van der Waals surface area contributed by atoms with E-state index >= 15 is 0 Å². The summed E-state index contributed by atoms with van der Waals surface area (Å²) in [5, 5.41) is 10.0. The highest BCUT2D eigenvalue weighted by molar-refractivity contribution is 7.16. The van der Waals surface area contributed by atoms with Crippen molar-refractivity contribution in [1.29, 1.82) is 0 Å². The lowest BCUT2D eigenvalue weighted by atomic mass is 10.0. The predicted octanol–water partition coefficient (Wildman–Crippen LogP) is 3.08. The summed E-state index contributed by atoms with van der Waals surface area (Å²) < 4.78 is 0. The topological polar surface area (TPSA) is 71.5 Å². The summed E-state index contributed by atoms with van der Waals surface area (Å²) in [4.78, 5) is 8.95. The molecule has 2 aromatic rings. The minimum atomic E-state index is -0.0258. The van der Waals surface area contributed by atoms with E-state index in [0.29, 0.717) is 10.0 Å². The fraction of sp³-hybridized carbons (Fsp3) is 0.0769. The smallest absolute Gasteiger partial charge is 0.231 e. The van der Waals surface area contributed by atoms with Gasteiger partial charge in [0.25, 0.3) is 0 Å². The van der Waals surface area contributed by atoms with Gasteiger partial charge in [0, 0.05) is 16.8 Å². The second kappa shape index (κ2) is 3.96. The van der Waals surface area contributed by atoms with E-state index in [9.17, 15) is 5.11 Å². The van der Waals surface area contributed by atoms with Crippen LogP contribution in [0.2, 0.25) is 0 Å². The molecule has 3 rings (SSSR count). The van der Waals surface area contributed by atoms with Crippen molar-refractivity contribution in [2.45, 2.75) is 6.92 Å². The molecule has 90 valence electrons. The summed E-state index contributed by atoms with van der Waals surface area (Å²) in [6, 6.07) is 7.92. The molecule has 3 N–H and O–H groups in total. The van der Waals surface area contributed by atoms with Gasteiger partial charge in [-0.25, -0.2) is 0 Å². The molecule has 1 aliphatic rings. The molecule has 0 unspecified atom stereocenters. The molecular weight excluding hydrogens is 246 g/mol. The fourth-order valence-electron chi connectivity index (χ4n) is 1.98. The van der Waals surface area contributed by atoms with E-state index in [1.165, 1.54) is 11.3 Å². The molecule has 18 heavy (non-hydrogen) atoms. The number of hydrogen-bond donors (Lipinski definition) is 2. The number of aromatic nitrogens is 1. The number of nitrogen functional groups attached to an aromatic ring is 1. The molecule has 0 spiro atoms. The maximum absolute atomic E-state index is 9.66. The standard InChI is InChI=1S/C13H11N3OS/c1-7-9(6-11-12(17)16-13(14)18-11)8-4-2-3-5-10(8)15-7/h2-6,17H,1H3,(H2,14,16)/b9-6+. The quantitative estimate of drug-likeness (QED) is 0.824. The van der Waals surface area contributed by atoms with Gasteiger partial charge >= 0.3 is 0 Å². The molecule has 0 aliphatic carbocycles. The first-order chi connectivity index (χ1) is 8.65. The van der Waals surface area contributed by atoms with E-state index < -0.39 is 0 Å². The van der Waals surface area contributed by atoms with Crippen LogP contribution < -0.4 is 5.73 Å². The zero-order valence-corrected chi connectivity index (χ0v) is 10.5. The summed E-state index contributed by atoms with van der Waals surface area (Å²) in [6.45, 7) is 1.95. The van der Waals surface area contributed by atoms with E-state index in [1.807, 2.05) is 37.3 Å². The Kier molecular flexibility index (Phi) is 2.41. The number of anilines is 1. The van der Waals surface area contributed by atoms with Crippen molar-refractivity contribution in [3.8, 4) is 5.88 Å². The van der Waals surface area contributed by atoms with Crippen molar-refractivity contribution >= 4 is 39.5 Å². The molecule has 0 fully saturated rings.